The SMILES string of the molecule is Cc1ccc(CN(C(=O)CSCc2ccccc2C)C(Cc2ccccc2)C(=O)NC2CCCCC2)cc1. The quantitative estimate of drug-likeness (QED) is 0.304. The van der Waals surface area contributed by atoms with E-state index in [9.17, 15) is 9.59 Å². The lowest BCUT2D eigenvalue weighted by molar-refractivity contribution is -0.139. The first kappa shape index (κ1) is 28.0. The van der Waals surface area contributed by atoms with E-state index in [1.54, 1.807) is 11.8 Å². The van der Waals surface area contributed by atoms with Crippen molar-refractivity contribution in [3.63, 3.8) is 0 Å². The minimum absolute atomic E-state index is 0.00360. The van der Waals surface area contributed by atoms with Gasteiger partial charge < -0.3 is 10.2 Å². The Bertz CT molecular complexity index is 1170. The van der Waals surface area contributed by atoms with Crippen LogP contribution in [0.4, 0.5) is 0 Å². The van der Waals surface area contributed by atoms with E-state index in [0.29, 0.717) is 18.7 Å². The highest BCUT2D eigenvalue weighted by molar-refractivity contribution is 7.99. The molecule has 1 aliphatic carbocycles. The monoisotopic (exact) mass is 528 g/mol. The number of thioether (sulfide) groups is 1. The summed E-state index contributed by atoms with van der Waals surface area (Å²) in [7, 11) is 0. The van der Waals surface area contributed by atoms with Crippen molar-refractivity contribution >= 4 is 23.6 Å². The number of nitrogens with one attached hydrogen (secondary N) is 1. The molecule has 0 heterocycles. The van der Waals surface area contributed by atoms with Crippen LogP contribution in [0.15, 0.2) is 78.9 Å². The van der Waals surface area contributed by atoms with Crippen LogP contribution in [0, 0.1) is 13.8 Å². The summed E-state index contributed by atoms with van der Waals surface area (Å²) in [6.45, 7) is 4.58. The molecule has 1 saturated carbocycles. The molecule has 1 N–H and O–H groups in total. The molecule has 1 atom stereocenters. The van der Waals surface area contributed by atoms with Gasteiger partial charge in [-0.1, -0.05) is 104 Å². The van der Waals surface area contributed by atoms with E-state index in [2.05, 4.69) is 55.6 Å². The van der Waals surface area contributed by atoms with Crippen molar-refractivity contribution in [1.29, 1.82) is 0 Å². The first-order valence-corrected chi connectivity index (χ1v) is 15.0. The van der Waals surface area contributed by atoms with E-state index < -0.39 is 6.04 Å². The largest absolute Gasteiger partial charge is 0.352 e. The number of hydrogen-bond acceptors (Lipinski definition) is 3. The summed E-state index contributed by atoms with van der Waals surface area (Å²) in [4.78, 5) is 29.5. The molecular weight excluding hydrogens is 488 g/mol. The second-order valence-electron chi connectivity index (χ2n) is 10.5. The second-order valence-corrected chi connectivity index (χ2v) is 11.5. The molecule has 1 aliphatic rings. The summed E-state index contributed by atoms with van der Waals surface area (Å²) in [5.41, 5.74) is 5.75. The molecule has 3 aromatic carbocycles. The summed E-state index contributed by atoms with van der Waals surface area (Å²) in [5, 5.41) is 3.32. The zero-order chi connectivity index (χ0) is 26.7. The fraction of sp³-hybridized carbons (Fsp3) is 0.394. The fourth-order valence-electron chi connectivity index (χ4n) is 5.09. The minimum Gasteiger partial charge on any atom is -0.352 e. The van der Waals surface area contributed by atoms with E-state index in [0.717, 1.165) is 42.6 Å². The molecule has 0 saturated heterocycles. The van der Waals surface area contributed by atoms with Crippen molar-refractivity contribution in [1.82, 2.24) is 10.2 Å². The summed E-state index contributed by atoms with van der Waals surface area (Å²) < 4.78 is 0. The van der Waals surface area contributed by atoms with Gasteiger partial charge in [-0.05, 0) is 48.9 Å². The van der Waals surface area contributed by atoms with Crippen LogP contribution in [0.25, 0.3) is 0 Å². The predicted octanol–water partition coefficient (Wildman–Crippen LogP) is 6.63. The molecule has 0 spiro atoms. The third-order valence-corrected chi connectivity index (χ3v) is 8.41. The Morgan fingerprint density at radius 3 is 2.26 bits per heavy atom. The normalized spacial score (nSPS) is 14.6. The van der Waals surface area contributed by atoms with Crippen LogP contribution in [0.2, 0.25) is 0 Å². The van der Waals surface area contributed by atoms with Crippen LogP contribution in [-0.4, -0.2) is 34.6 Å². The van der Waals surface area contributed by atoms with Gasteiger partial charge in [0.15, 0.2) is 0 Å². The number of amides is 2. The van der Waals surface area contributed by atoms with Gasteiger partial charge in [-0.25, -0.2) is 0 Å². The molecule has 0 radical (unpaired) electrons. The molecule has 0 bridgehead atoms. The van der Waals surface area contributed by atoms with E-state index in [1.165, 1.54) is 23.1 Å². The molecule has 0 aromatic heterocycles. The lowest BCUT2D eigenvalue weighted by Gasteiger charge is -2.33. The van der Waals surface area contributed by atoms with Crippen molar-refractivity contribution in [2.45, 2.75) is 76.8 Å². The first-order valence-electron chi connectivity index (χ1n) is 13.8. The van der Waals surface area contributed by atoms with Gasteiger partial charge in [0.1, 0.15) is 6.04 Å². The van der Waals surface area contributed by atoms with Crippen LogP contribution in [0.3, 0.4) is 0 Å². The molecule has 0 aliphatic heterocycles. The highest BCUT2D eigenvalue weighted by Gasteiger charge is 2.31. The van der Waals surface area contributed by atoms with Gasteiger partial charge in [0.25, 0.3) is 0 Å². The van der Waals surface area contributed by atoms with Crippen LogP contribution >= 0.6 is 11.8 Å². The van der Waals surface area contributed by atoms with Crippen LogP contribution < -0.4 is 5.32 Å². The summed E-state index contributed by atoms with van der Waals surface area (Å²) in [6.07, 6.45) is 6.06. The smallest absolute Gasteiger partial charge is 0.243 e. The Kier molecular flexibility index (Phi) is 10.5. The molecule has 200 valence electrons. The van der Waals surface area contributed by atoms with E-state index in [-0.39, 0.29) is 17.9 Å². The van der Waals surface area contributed by atoms with Crippen LogP contribution in [0.1, 0.15) is 59.9 Å². The number of carbonyl (C=O) groups is 2. The molecule has 5 heteroatoms. The van der Waals surface area contributed by atoms with E-state index in [1.807, 2.05) is 47.4 Å². The average Bonchev–Trinajstić information content (AvgIpc) is 2.94. The number of nitrogens with zero attached hydrogens (tertiary/aromatic N) is 1. The number of carbonyl (C=O) groups excluding carboxylic acids is 2. The van der Waals surface area contributed by atoms with Crippen molar-refractivity contribution in [2.24, 2.45) is 0 Å². The minimum atomic E-state index is -0.563. The number of hydrogen-bond donors (Lipinski definition) is 1. The zero-order valence-corrected chi connectivity index (χ0v) is 23.5. The number of benzene rings is 3. The Morgan fingerprint density at radius 2 is 1.55 bits per heavy atom. The molecule has 4 rings (SSSR count). The van der Waals surface area contributed by atoms with Gasteiger partial charge in [0, 0.05) is 24.8 Å². The Labute approximate surface area is 232 Å². The Hall–Kier alpha value is -3.05. The van der Waals surface area contributed by atoms with Crippen molar-refractivity contribution in [3.05, 3.63) is 107 Å². The lowest BCUT2D eigenvalue weighted by Crippen LogP contribution is -2.53. The van der Waals surface area contributed by atoms with Crippen molar-refractivity contribution < 1.29 is 9.59 Å². The predicted molar refractivity (Wildman–Crippen MR) is 158 cm³/mol. The summed E-state index contributed by atoms with van der Waals surface area (Å²) in [5.74, 6) is 1.07. The molecular formula is C33H40N2O2S. The highest BCUT2D eigenvalue weighted by Crippen LogP contribution is 2.22. The summed E-state index contributed by atoms with van der Waals surface area (Å²) in [6, 6.07) is 26.3. The maximum Gasteiger partial charge on any atom is 0.243 e. The van der Waals surface area contributed by atoms with Gasteiger partial charge >= 0.3 is 0 Å². The standard InChI is InChI=1S/C33H40N2O2S/c1-25-17-19-28(20-18-25)22-35(32(36)24-38-23-29-14-10-9-11-26(29)2)31(21-27-12-5-3-6-13-27)33(37)34-30-15-7-4-8-16-30/h3,5-6,9-14,17-20,30-31H,4,7-8,15-16,21-24H2,1-2H3,(H,34,37). The zero-order valence-electron chi connectivity index (χ0n) is 22.7. The van der Waals surface area contributed by atoms with Gasteiger partial charge in [-0.15, -0.1) is 11.8 Å². The number of rotatable bonds is 11. The van der Waals surface area contributed by atoms with Crippen LogP contribution in [0.5, 0.6) is 0 Å². The number of aryl methyl sites for hydroxylation is 2. The van der Waals surface area contributed by atoms with Crippen LogP contribution in [-0.2, 0) is 28.3 Å². The average molecular weight is 529 g/mol. The van der Waals surface area contributed by atoms with Crippen molar-refractivity contribution in [2.75, 3.05) is 5.75 Å². The van der Waals surface area contributed by atoms with Gasteiger partial charge in [0.05, 0.1) is 5.75 Å². The maximum absolute atomic E-state index is 13.8. The first-order chi connectivity index (χ1) is 18.5. The fourth-order valence-corrected chi connectivity index (χ4v) is 6.08. The van der Waals surface area contributed by atoms with E-state index in [4.69, 9.17) is 0 Å². The highest BCUT2D eigenvalue weighted by atomic mass is 32.2. The Balaban J connectivity index is 1.56. The summed E-state index contributed by atoms with van der Waals surface area (Å²) >= 11 is 1.62. The molecule has 2 amide bonds. The molecule has 38 heavy (non-hydrogen) atoms. The molecule has 1 unspecified atom stereocenters. The van der Waals surface area contributed by atoms with Gasteiger partial charge in [-0.3, -0.25) is 9.59 Å². The molecule has 4 nitrogen and oxygen atoms in total. The third kappa shape index (κ3) is 8.22. The Morgan fingerprint density at radius 1 is 0.868 bits per heavy atom. The molecule has 3 aromatic rings. The third-order valence-electron chi connectivity index (χ3n) is 7.44. The molecule has 1 fully saturated rings. The second kappa shape index (κ2) is 14.2. The van der Waals surface area contributed by atoms with Gasteiger partial charge in [0.2, 0.25) is 11.8 Å². The lowest BCUT2D eigenvalue weighted by atomic mass is 9.94. The van der Waals surface area contributed by atoms with E-state index >= 15 is 0 Å². The topological polar surface area (TPSA) is 49.4 Å². The van der Waals surface area contributed by atoms with Gasteiger partial charge in [-0.2, -0.15) is 0 Å². The van der Waals surface area contributed by atoms with Crippen molar-refractivity contribution in [3.8, 4) is 0 Å². The maximum atomic E-state index is 13.8.